The van der Waals surface area contributed by atoms with Crippen molar-refractivity contribution >= 4 is 11.8 Å². The minimum absolute atomic E-state index is 0.255. The molecule has 0 aliphatic rings. The SMILES string of the molecule is CC(N)C(=O)c1cc(C(=O)O)ccc1CC(F)(F)F. The number of carbonyl (C=O) groups is 2. The largest absolute Gasteiger partial charge is 0.478 e. The first-order valence-electron chi connectivity index (χ1n) is 5.34. The van der Waals surface area contributed by atoms with Crippen LogP contribution in [0.25, 0.3) is 0 Å². The summed E-state index contributed by atoms with van der Waals surface area (Å²) in [5.41, 5.74) is 4.52. The van der Waals surface area contributed by atoms with Crippen molar-refractivity contribution in [1.29, 1.82) is 0 Å². The molecule has 0 spiro atoms. The number of carboxylic acid groups (broad SMARTS) is 1. The van der Waals surface area contributed by atoms with Gasteiger partial charge in [-0.15, -0.1) is 0 Å². The number of rotatable bonds is 4. The Hall–Kier alpha value is -1.89. The first-order chi connectivity index (χ1) is 8.61. The molecular weight excluding hydrogens is 263 g/mol. The second-order valence-electron chi connectivity index (χ2n) is 4.12. The highest BCUT2D eigenvalue weighted by Crippen LogP contribution is 2.25. The van der Waals surface area contributed by atoms with E-state index < -0.39 is 30.4 Å². The third-order valence-corrected chi connectivity index (χ3v) is 2.43. The van der Waals surface area contributed by atoms with Crippen molar-refractivity contribution in [3.05, 3.63) is 34.9 Å². The summed E-state index contributed by atoms with van der Waals surface area (Å²) >= 11 is 0. The van der Waals surface area contributed by atoms with E-state index in [9.17, 15) is 22.8 Å². The number of carboxylic acids is 1. The van der Waals surface area contributed by atoms with Gasteiger partial charge in [-0.1, -0.05) is 6.07 Å². The maximum absolute atomic E-state index is 12.4. The Morgan fingerprint density at radius 3 is 2.37 bits per heavy atom. The molecule has 1 rings (SSSR count). The minimum Gasteiger partial charge on any atom is -0.478 e. The molecule has 1 unspecified atom stereocenters. The summed E-state index contributed by atoms with van der Waals surface area (Å²) in [4.78, 5) is 22.5. The third kappa shape index (κ3) is 4.06. The number of hydrogen-bond donors (Lipinski definition) is 2. The molecule has 1 aromatic rings. The van der Waals surface area contributed by atoms with Gasteiger partial charge in [-0.05, 0) is 24.6 Å². The smallest absolute Gasteiger partial charge is 0.393 e. The van der Waals surface area contributed by atoms with Crippen LogP contribution >= 0.6 is 0 Å². The van der Waals surface area contributed by atoms with Gasteiger partial charge in [-0.25, -0.2) is 4.79 Å². The maximum atomic E-state index is 12.4. The van der Waals surface area contributed by atoms with E-state index in [-0.39, 0.29) is 16.7 Å². The van der Waals surface area contributed by atoms with Gasteiger partial charge in [-0.3, -0.25) is 4.79 Å². The zero-order valence-corrected chi connectivity index (χ0v) is 9.99. The van der Waals surface area contributed by atoms with Gasteiger partial charge in [0.2, 0.25) is 0 Å². The molecule has 104 valence electrons. The summed E-state index contributed by atoms with van der Waals surface area (Å²) in [6.45, 7) is 1.33. The topological polar surface area (TPSA) is 80.4 Å². The Morgan fingerprint density at radius 1 is 1.37 bits per heavy atom. The van der Waals surface area contributed by atoms with Gasteiger partial charge >= 0.3 is 12.1 Å². The zero-order chi connectivity index (χ0) is 14.8. The van der Waals surface area contributed by atoms with E-state index in [0.717, 1.165) is 18.2 Å². The number of benzene rings is 1. The van der Waals surface area contributed by atoms with Crippen molar-refractivity contribution in [1.82, 2.24) is 0 Å². The average Bonchev–Trinajstić information content (AvgIpc) is 2.26. The van der Waals surface area contributed by atoms with E-state index in [1.165, 1.54) is 6.92 Å². The number of ketones is 1. The van der Waals surface area contributed by atoms with Gasteiger partial charge in [0.25, 0.3) is 0 Å². The lowest BCUT2D eigenvalue weighted by atomic mass is 9.95. The number of halogens is 3. The van der Waals surface area contributed by atoms with E-state index in [2.05, 4.69) is 0 Å². The Labute approximate surface area is 107 Å². The van der Waals surface area contributed by atoms with Crippen molar-refractivity contribution in [2.75, 3.05) is 0 Å². The van der Waals surface area contributed by atoms with E-state index in [4.69, 9.17) is 10.8 Å². The predicted octanol–water partition coefficient (Wildman–Crippen LogP) is 2.02. The van der Waals surface area contributed by atoms with Gasteiger partial charge in [0.15, 0.2) is 5.78 Å². The van der Waals surface area contributed by atoms with E-state index in [1.54, 1.807) is 0 Å². The quantitative estimate of drug-likeness (QED) is 0.824. The number of Topliss-reactive ketones (excluding diaryl/α,β-unsaturated/α-hetero) is 1. The van der Waals surface area contributed by atoms with Crippen LogP contribution in [0.15, 0.2) is 18.2 Å². The number of alkyl halides is 3. The van der Waals surface area contributed by atoms with Crippen LogP contribution in [-0.4, -0.2) is 29.1 Å². The molecule has 4 nitrogen and oxygen atoms in total. The van der Waals surface area contributed by atoms with Gasteiger partial charge in [0, 0.05) is 5.56 Å². The van der Waals surface area contributed by atoms with E-state index in [0.29, 0.717) is 0 Å². The van der Waals surface area contributed by atoms with E-state index in [1.807, 2.05) is 0 Å². The fraction of sp³-hybridized carbons (Fsp3) is 0.333. The maximum Gasteiger partial charge on any atom is 0.393 e. The average molecular weight is 275 g/mol. The summed E-state index contributed by atoms with van der Waals surface area (Å²) < 4.78 is 37.2. The fourth-order valence-corrected chi connectivity index (χ4v) is 1.55. The molecule has 0 amide bonds. The second-order valence-corrected chi connectivity index (χ2v) is 4.12. The van der Waals surface area contributed by atoms with E-state index >= 15 is 0 Å². The van der Waals surface area contributed by atoms with Crippen LogP contribution in [0.1, 0.15) is 33.2 Å². The van der Waals surface area contributed by atoms with Crippen LogP contribution in [-0.2, 0) is 6.42 Å². The van der Waals surface area contributed by atoms with Crippen molar-refractivity contribution in [3.63, 3.8) is 0 Å². The molecule has 3 N–H and O–H groups in total. The van der Waals surface area contributed by atoms with Crippen LogP contribution in [0, 0.1) is 0 Å². The second kappa shape index (κ2) is 5.40. The molecule has 0 heterocycles. The van der Waals surface area contributed by atoms with Crippen molar-refractivity contribution in [3.8, 4) is 0 Å². The fourth-order valence-electron chi connectivity index (χ4n) is 1.55. The van der Waals surface area contributed by atoms with Gasteiger partial charge in [0.05, 0.1) is 18.0 Å². The monoisotopic (exact) mass is 275 g/mol. The summed E-state index contributed by atoms with van der Waals surface area (Å²) in [6.07, 6.45) is -5.79. The standard InChI is InChI=1S/C12H12F3NO3/c1-6(16)10(17)9-4-7(11(18)19)2-3-8(9)5-12(13,14)15/h2-4,6H,5,16H2,1H3,(H,18,19). The Balaban J connectivity index is 3.30. The molecule has 7 heteroatoms. The molecule has 0 radical (unpaired) electrons. The van der Waals surface area contributed by atoms with Gasteiger partial charge in [0.1, 0.15) is 0 Å². The normalized spacial score (nSPS) is 13.1. The van der Waals surface area contributed by atoms with Crippen LogP contribution in [0.2, 0.25) is 0 Å². The third-order valence-electron chi connectivity index (χ3n) is 2.43. The summed E-state index contributed by atoms with van der Waals surface area (Å²) in [5.74, 6) is -2.04. The summed E-state index contributed by atoms with van der Waals surface area (Å²) in [5, 5.41) is 8.79. The molecule has 0 aliphatic heterocycles. The molecule has 0 saturated carbocycles. The predicted molar refractivity (Wildman–Crippen MR) is 61.1 cm³/mol. The highest BCUT2D eigenvalue weighted by Gasteiger charge is 2.30. The first-order valence-corrected chi connectivity index (χ1v) is 5.34. The molecule has 19 heavy (non-hydrogen) atoms. The molecule has 1 aromatic carbocycles. The van der Waals surface area contributed by atoms with Crippen molar-refractivity contribution in [2.24, 2.45) is 5.73 Å². The molecule has 0 aliphatic carbocycles. The highest BCUT2D eigenvalue weighted by molar-refractivity contribution is 6.02. The van der Waals surface area contributed by atoms with Crippen LogP contribution in [0.3, 0.4) is 0 Å². The number of nitrogens with two attached hydrogens (primary N) is 1. The lowest BCUT2D eigenvalue weighted by Crippen LogP contribution is -2.28. The molecule has 0 fully saturated rings. The van der Waals surface area contributed by atoms with Crippen molar-refractivity contribution < 1.29 is 27.9 Å². The number of hydrogen-bond acceptors (Lipinski definition) is 3. The van der Waals surface area contributed by atoms with Crippen LogP contribution < -0.4 is 5.73 Å². The summed E-state index contributed by atoms with van der Waals surface area (Å²) in [7, 11) is 0. The highest BCUT2D eigenvalue weighted by atomic mass is 19.4. The van der Waals surface area contributed by atoms with Gasteiger partial charge < -0.3 is 10.8 Å². The van der Waals surface area contributed by atoms with Crippen molar-refractivity contribution in [2.45, 2.75) is 25.6 Å². The molecule has 0 saturated heterocycles. The number of aromatic carboxylic acids is 1. The van der Waals surface area contributed by atoms with Crippen LogP contribution in [0.4, 0.5) is 13.2 Å². The minimum atomic E-state index is -4.49. The van der Waals surface area contributed by atoms with Gasteiger partial charge in [-0.2, -0.15) is 13.2 Å². The first kappa shape index (κ1) is 15.2. The molecule has 0 aromatic heterocycles. The molecule has 1 atom stereocenters. The Morgan fingerprint density at radius 2 is 1.95 bits per heavy atom. The molecule has 0 bridgehead atoms. The zero-order valence-electron chi connectivity index (χ0n) is 9.99. The van der Waals surface area contributed by atoms with Crippen LogP contribution in [0.5, 0.6) is 0 Å². The number of carbonyl (C=O) groups excluding carboxylic acids is 1. The molecular formula is C12H12F3NO3. The Kier molecular flexibility index (Phi) is 4.31. The summed E-state index contributed by atoms with van der Waals surface area (Å²) in [6, 6.07) is 1.94. The lowest BCUT2D eigenvalue weighted by molar-refractivity contribution is -0.127. The Bertz CT molecular complexity index is 509. The lowest BCUT2D eigenvalue weighted by Gasteiger charge is -2.13.